The van der Waals surface area contributed by atoms with Crippen LogP contribution in [-0.2, 0) is 10.0 Å². The van der Waals surface area contributed by atoms with Gasteiger partial charge in [0.05, 0.1) is 10.6 Å². The van der Waals surface area contributed by atoms with Crippen molar-refractivity contribution in [1.29, 1.82) is 0 Å². The summed E-state index contributed by atoms with van der Waals surface area (Å²) in [4.78, 5) is 14.3. The van der Waals surface area contributed by atoms with Crippen molar-refractivity contribution in [3.63, 3.8) is 0 Å². The molecule has 0 fully saturated rings. The molecule has 0 bridgehead atoms. The first-order chi connectivity index (χ1) is 12.4. The maximum absolute atomic E-state index is 12.9. The van der Waals surface area contributed by atoms with Gasteiger partial charge in [-0.15, -0.1) is 13.2 Å². The third kappa shape index (κ3) is 4.21. The molecule has 0 radical (unpaired) electrons. The zero-order chi connectivity index (χ0) is 19.2. The second-order valence-corrected chi connectivity index (χ2v) is 7.59. The van der Waals surface area contributed by atoms with Crippen LogP contribution in [0.2, 0.25) is 0 Å². The van der Waals surface area contributed by atoms with Gasteiger partial charge in [-0.2, -0.15) is 0 Å². The fourth-order valence-electron chi connectivity index (χ4n) is 2.46. The van der Waals surface area contributed by atoms with Crippen molar-refractivity contribution in [3.05, 3.63) is 85.5 Å². The van der Waals surface area contributed by atoms with Crippen LogP contribution >= 0.6 is 0 Å². The van der Waals surface area contributed by atoms with E-state index in [1.165, 1.54) is 28.4 Å². The Kier molecular flexibility index (Phi) is 6.36. The third-order valence-corrected chi connectivity index (χ3v) is 5.63. The van der Waals surface area contributed by atoms with Crippen molar-refractivity contribution in [1.82, 2.24) is 4.90 Å². The third-order valence-electron chi connectivity index (χ3n) is 3.85. The number of para-hydroxylation sites is 1. The monoisotopic (exact) mass is 370 g/mol. The van der Waals surface area contributed by atoms with Crippen molar-refractivity contribution in [3.8, 4) is 0 Å². The average Bonchev–Trinajstić information content (AvgIpc) is 2.67. The van der Waals surface area contributed by atoms with E-state index in [0.717, 1.165) is 0 Å². The summed E-state index contributed by atoms with van der Waals surface area (Å²) in [5.74, 6) is -0.274. The molecule has 0 saturated carbocycles. The lowest BCUT2D eigenvalue weighted by atomic mass is 10.2. The molecule has 2 aromatic rings. The summed E-state index contributed by atoms with van der Waals surface area (Å²) in [6.07, 6.45) is 3.23. The highest BCUT2D eigenvalue weighted by atomic mass is 32.2. The largest absolute Gasteiger partial charge is 0.331 e. The normalized spacial score (nSPS) is 10.8. The number of rotatable bonds is 8. The van der Waals surface area contributed by atoms with Crippen LogP contribution in [0, 0.1) is 0 Å². The molecular formula is C20H22N2O3S. The zero-order valence-corrected chi connectivity index (χ0v) is 15.5. The number of nitrogens with zero attached hydrogens (tertiary/aromatic N) is 2. The lowest BCUT2D eigenvalue weighted by Gasteiger charge is -2.21. The minimum atomic E-state index is -3.78. The van der Waals surface area contributed by atoms with Gasteiger partial charge in [-0.1, -0.05) is 36.4 Å². The van der Waals surface area contributed by atoms with Crippen molar-refractivity contribution in [2.75, 3.05) is 24.4 Å². The first kappa shape index (κ1) is 19.5. The number of sulfonamides is 1. The standard InChI is InChI=1S/C20H22N2O3S/c1-4-14-22(15-5-2)20(23)17-10-9-13-19(16-17)26(24,25)21(3)18-11-7-6-8-12-18/h4-13,16H,1-2,14-15H2,3H3. The molecule has 2 rings (SSSR count). The Balaban J connectivity index is 2.37. The summed E-state index contributed by atoms with van der Waals surface area (Å²) in [6, 6.07) is 14.8. The summed E-state index contributed by atoms with van der Waals surface area (Å²) < 4.78 is 27.0. The molecule has 0 spiro atoms. The Bertz CT molecular complexity index is 882. The van der Waals surface area contributed by atoms with Gasteiger partial charge in [-0.3, -0.25) is 9.10 Å². The van der Waals surface area contributed by atoms with Gasteiger partial charge in [0.2, 0.25) is 0 Å². The van der Waals surface area contributed by atoms with E-state index in [9.17, 15) is 13.2 Å². The summed E-state index contributed by atoms with van der Waals surface area (Å²) in [7, 11) is -2.29. The molecule has 136 valence electrons. The number of hydrogen-bond donors (Lipinski definition) is 0. The molecule has 2 aromatic carbocycles. The second kappa shape index (κ2) is 8.49. The second-order valence-electron chi connectivity index (χ2n) is 5.62. The van der Waals surface area contributed by atoms with Crippen LogP contribution in [0.25, 0.3) is 0 Å². The van der Waals surface area contributed by atoms with E-state index in [4.69, 9.17) is 0 Å². The van der Waals surface area contributed by atoms with Gasteiger partial charge >= 0.3 is 0 Å². The van der Waals surface area contributed by atoms with Gasteiger partial charge in [-0.25, -0.2) is 8.42 Å². The number of anilines is 1. The van der Waals surface area contributed by atoms with Crippen molar-refractivity contribution >= 4 is 21.6 Å². The topological polar surface area (TPSA) is 57.7 Å². The number of carbonyl (C=O) groups is 1. The van der Waals surface area contributed by atoms with E-state index in [1.54, 1.807) is 48.6 Å². The average molecular weight is 370 g/mol. The molecule has 5 nitrogen and oxygen atoms in total. The van der Waals surface area contributed by atoms with Crippen molar-refractivity contribution < 1.29 is 13.2 Å². The SMILES string of the molecule is C=CCN(CC=C)C(=O)c1cccc(S(=O)(=O)N(C)c2ccccc2)c1. The molecule has 0 unspecified atom stereocenters. The lowest BCUT2D eigenvalue weighted by molar-refractivity contribution is 0.0790. The Labute approximate surface area is 154 Å². The van der Waals surface area contributed by atoms with Crippen molar-refractivity contribution in [2.45, 2.75) is 4.90 Å². The molecule has 0 aliphatic heterocycles. The molecule has 1 amide bonds. The Morgan fingerprint density at radius 2 is 1.62 bits per heavy atom. The first-order valence-electron chi connectivity index (χ1n) is 8.07. The zero-order valence-electron chi connectivity index (χ0n) is 14.7. The summed E-state index contributed by atoms with van der Waals surface area (Å²) in [6.45, 7) is 7.99. The van der Waals surface area contributed by atoms with Crippen molar-refractivity contribution in [2.24, 2.45) is 0 Å². The smallest absolute Gasteiger partial charge is 0.264 e. The molecule has 0 heterocycles. The number of carbonyl (C=O) groups excluding carboxylic acids is 1. The minimum absolute atomic E-state index is 0.0619. The Hall–Kier alpha value is -2.86. The van der Waals surface area contributed by atoms with Crippen LogP contribution in [0.15, 0.2) is 84.8 Å². The Morgan fingerprint density at radius 1 is 1.00 bits per heavy atom. The predicted octanol–water partition coefficient (Wildman–Crippen LogP) is 3.33. The van der Waals surface area contributed by atoms with Gasteiger partial charge in [0, 0.05) is 25.7 Å². The van der Waals surface area contributed by atoms with Crippen LogP contribution in [0.3, 0.4) is 0 Å². The van der Waals surface area contributed by atoms with Crippen LogP contribution in [0.5, 0.6) is 0 Å². The van der Waals surface area contributed by atoms with E-state index >= 15 is 0 Å². The minimum Gasteiger partial charge on any atom is -0.331 e. The van der Waals surface area contributed by atoms with Crippen LogP contribution in [0.4, 0.5) is 5.69 Å². The molecule has 0 N–H and O–H groups in total. The van der Waals surface area contributed by atoms with E-state index in [0.29, 0.717) is 24.3 Å². The van der Waals surface area contributed by atoms with Crippen LogP contribution < -0.4 is 4.31 Å². The predicted molar refractivity (Wildman–Crippen MR) is 105 cm³/mol. The van der Waals surface area contributed by atoms with E-state index in [-0.39, 0.29) is 10.8 Å². The molecular weight excluding hydrogens is 348 g/mol. The maximum Gasteiger partial charge on any atom is 0.264 e. The molecule has 26 heavy (non-hydrogen) atoms. The molecule has 0 atom stereocenters. The maximum atomic E-state index is 12.9. The summed E-state index contributed by atoms with van der Waals surface area (Å²) >= 11 is 0. The highest BCUT2D eigenvalue weighted by Gasteiger charge is 2.23. The lowest BCUT2D eigenvalue weighted by Crippen LogP contribution is -2.32. The molecule has 6 heteroatoms. The van der Waals surface area contributed by atoms with Gasteiger partial charge in [0.15, 0.2) is 0 Å². The Morgan fingerprint density at radius 3 is 2.19 bits per heavy atom. The van der Waals surface area contributed by atoms with Crippen LogP contribution in [0.1, 0.15) is 10.4 Å². The molecule has 0 aliphatic carbocycles. The van der Waals surface area contributed by atoms with Gasteiger partial charge < -0.3 is 4.90 Å². The van der Waals surface area contributed by atoms with Crippen LogP contribution in [-0.4, -0.2) is 39.4 Å². The van der Waals surface area contributed by atoms with Gasteiger partial charge in [0.25, 0.3) is 15.9 Å². The first-order valence-corrected chi connectivity index (χ1v) is 9.51. The highest BCUT2D eigenvalue weighted by molar-refractivity contribution is 7.92. The molecule has 0 aromatic heterocycles. The highest BCUT2D eigenvalue weighted by Crippen LogP contribution is 2.22. The van der Waals surface area contributed by atoms with Gasteiger partial charge in [-0.05, 0) is 30.3 Å². The summed E-state index contributed by atoms with van der Waals surface area (Å²) in [5, 5.41) is 0. The van der Waals surface area contributed by atoms with E-state index in [1.807, 2.05) is 6.07 Å². The van der Waals surface area contributed by atoms with Gasteiger partial charge in [0.1, 0.15) is 0 Å². The quantitative estimate of drug-likeness (QED) is 0.670. The number of amides is 1. The summed E-state index contributed by atoms with van der Waals surface area (Å²) in [5.41, 5.74) is 0.848. The van der Waals surface area contributed by atoms with E-state index in [2.05, 4.69) is 13.2 Å². The molecule has 0 saturated heterocycles. The fraction of sp³-hybridized carbons (Fsp3) is 0.150. The number of benzene rings is 2. The molecule has 0 aliphatic rings. The fourth-order valence-corrected chi connectivity index (χ4v) is 3.70. The number of hydrogen-bond acceptors (Lipinski definition) is 3. The van der Waals surface area contributed by atoms with E-state index < -0.39 is 10.0 Å².